The summed E-state index contributed by atoms with van der Waals surface area (Å²) >= 11 is 1.11. The lowest BCUT2D eigenvalue weighted by Crippen LogP contribution is -2.37. The van der Waals surface area contributed by atoms with Crippen LogP contribution in [-0.2, 0) is 4.79 Å². The van der Waals surface area contributed by atoms with Gasteiger partial charge in [-0.1, -0.05) is 13.0 Å². The quantitative estimate of drug-likeness (QED) is 0.788. The summed E-state index contributed by atoms with van der Waals surface area (Å²) in [6.07, 6.45) is 0.822. The van der Waals surface area contributed by atoms with Crippen molar-refractivity contribution in [1.29, 1.82) is 0 Å². The Balaban J connectivity index is 2.11. The third kappa shape index (κ3) is 3.30. The third-order valence-corrected chi connectivity index (χ3v) is 4.06. The smallest absolute Gasteiger partial charge is 0.263 e. The second-order valence-corrected chi connectivity index (χ2v) is 5.54. The summed E-state index contributed by atoms with van der Waals surface area (Å²) in [6.45, 7) is 2.37. The summed E-state index contributed by atoms with van der Waals surface area (Å²) in [5.41, 5.74) is 5.95. The number of hydrogen-bond donors (Lipinski definition) is 3. The van der Waals surface area contributed by atoms with E-state index >= 15 is 0 Å². The van der Waals surface area contributed by atoms with Crippen LogP contribution >= 0.6 is 11.3 Å². The number of amides is 2. The molecule has 0 saturated heterocycles. The zero-order valence-electron chi connectivity index (χ0n) is 11.5. The number of carbonyl (C=O) groups excluding carboxylic acids is 2. The number of anilines is 1. The zero-order chi connectivity index (χ0) is 15.4. The number of benzene rings is 1. The Kier molecular flexibility index (Phi) is 4.74. The van der Waals surface area contributed by atoms with Gasteiger partial charge >= 0.3 is 0 Å². The number of rotatable bonds is 5. The molecule has 1 aromatic heterocycles. The average Bonchev–Trinajstić information content (AvgIpc) is 2.81. The standard InChI is InChI=1S/C14H16FN3O2S/c1-2-6-17-10(19)7-18-14(20)13-12(16)11-8(15)4-3-5-9(11)21-13/h3-5H,2,6-7,16H2,1H3,(H,17,19)(H,18,20). The Morgan fingerprint density at radius 1 is 1.33 bits per heavy atom. The van der Waals surface area contributed by atoms with Crippen molar-refractivity contribution in [2.75, 3.05) is 18.8 Å². The molecule has 2 amide bonds. The average molecular weight is 309 g/mol. The molecule has 2 aromatic rings. The second-order valence-electron chi connectivity index (χ2n) is 4.49. The summed E-state index contributed by atoms with van der Waals surface area (Å²) in [5.74, 6) is -1.20. The minimum atomic E-state index is -0.472. The van der Waals surface area contributed by atoms with E-state index in [1.807, 2.05) is 6.92 Å². The maximum Gasteiger partial charge on any atom is 0.263 e. The fourth-order valence-electron chi connectivity index (χ4n) is 1.87. The number of fused-ring (bicyclic) bond motifs is 1. The van der Waals surface area contributed by atoms with Gasteiger partial charge in [0.1, 0.15) is 10.7 Å². The fraction of sp³-hybridized carbons (Fsp3) is 0.286. The van der Waals surface area contributed by atoms with E-state index < -0.39 is 11.7 Å². The van der Waals surface area contributed by atoms with E-state index in [1.165, 1.54) is 6.07 Å². The van der Waals surface area contributed by atoms with Crippen LogP contribution in [0, 0.1) is 5.82 Å². The predicted octanol–water partition coefficient (Wildman–Crippen LogP) is 1.88. The first-order valence-electron chi connectivity index (χ1n) is 6.56. The molecule has 0 aliphatic carbocycles. The van der Waals surface area contributed by atoms with Crippen LogP contribution in [0.15, 0.2) is 18.2 Å². The Labute approximate surface area is 125 Å². The Hall–Kier alpha value is -2.15. The van der Waals surface area contributed by atoms with E-state index in [2.05, 4.69) is 10.6 Å². The van der Waals surface area contributed by atoms with Gasteiger partial charge in [0, 0.05) is 11.2 Å². The SMILES string of the molecule is CCCNC(=O)CNC(=O)c1sc2cccc(F)c2c1N. The van der Waals surface area contributed by atoms with Crippen molar-refractivity contribution in [2.24, 2.45) is 0 Å². The van der Waals surface area contributed by atoms with Crippen molar-refractivity contribution in [3.8, 4) is 0 Å². The third-order valence-electron chi connectivity index (χ3n) is 2.89. The van der Waals surface area contributed by atoms with Gasteiger partial charge in [0.25, 0.3) is 5.91 Å². The first-order chi connectivity index (χ1) is 10.0. The number of thiophene rings is 1. The van der Waals surface area contributed by atoms with Crippen LogP contribution in [0.25, 0.3) is 10.1 Å². The van der Waals surface area contributed by atoms with Gasteiger partial charge in [-0.05, 0) is 18.6 Å². The summed E-state index contributed by atoms with van der Waals surface area (Å²) in [5, 5.41) is 5.39. The van der Waals surface area contributed by atoms with Gasteiger partial charge in [0.15, 0.2) is 0 Å². The van der Waals surface area contributed by atoms with Crippen LogP contribution in [0.4, 0.5) is 10.1 Å². The number of hydrogen-bond acceptors (Lipinski definition) is 4. The molecule has 0 fully saturated rings. The molecule has 7 heteroatoms. The van der Waals surface area contributed by atoms with E-state index in [9.17, 15) is 14.0 Å². The minimum absolute atomic E-state index is 0.111. The molecule has 0 spiro atoms. The summed E-state index contributed by atoms with van der Waals surface area (Å²) in [4.78, 5) is 23.7. The van der Waals surface area contributed by atoms with Crippen molar-refractivity contribution in [2.45, 2.75) is 13.3 Å². The molecule has 0 bridgehead atoms. The predicted molar refractivity (Wildman–Crippen MR) is 81.8 cm³/mol. The largest absolute Gasteiger partial charge is 0.397 e. The molecule has 0 atom stereocenters. The molecule has 0 unspecified atom stereocenters. The van der Waals surface area contributed by atoms with Gasteiger partial charge in [-0.3, -0.25) is 9.59 Å². The lowest BCUT2D eigenvalue weighted by molar-refractivity contribution is -0.120. The van der Waals surface area contributed by atoms with Crippen molar-refractivity contribution < 1.29 is 14.0 Å². The lowest BCUT2D eigenvalue weighted by Gasteiger charge is -2.05. The summed E-state index contributed by atoms with van der Waals surface area (Å²) in [6, 6.07) is 4.56. The summed E-state index contributed by atoms with van der Waals surface area (Å²) < 4.78 is 14.3. The topological polar surface area (TPSA) is 84.2 Å². The van der Waals surface area contributed by atoms with E-state index in [0.717, 1.165) is 17.8 Å². The molecule has 0 aliphatic heterocycles. The molecular formula is C14H16FN3O2S. The van der Waals surface area contributed by atoms with Crippen molar-refractivity contribution in [3.63, 3.8) is 0 Å². The number of halogens is 1. The highest BCUT2D eigenvalue weighted by Crippen LogP contribution is 2.35. The van der Waals surface area contributed by atoms with Crippen LogP contribution in [0.5, 0.6) is 0 Å². The first-order valence-corrected chi connectivity index (χ1v) is 7.37. The van der Waals surface area contributed by atoms with Crippen LogP contribution in [0.2, 0.25) is 0 Å². The second kappa shape index (κ2) is 6.53. The van der Waals surface area contributed by atoms with Crippen LogP contribution < -0.4 is 16.4 Å². The van der Waals surface area contributed by atoms with Crippen molar-refractivity contribution in [1.82, 2.24) is 10.6 Å². The molecule has 1 aromatic carbocycles. The molecule has 112 valence electrons. The molecule has 0 saturated carbocycles. The van der Waals surface area contributed by atoms with Gasteiger partial charge in [0.2, 0.25) is 5.91 Å². The highest BCUT2D eigenvalue weighted by Gasteiger charge is 2.18. The zero-order valence-corrected chi connectivity index (χ0v) is 12.3. The number of nitrogens with one attached hydrogen (secondary N) is 2. The Morgan fingerprint density at radius 2 is 2.10 bits per heavy atom. The number of nitrogen functional groups attached to an aromatic ring is 1. The van der Waals surface area contributed by atoms with E-state index in [1.54, 1.807) is 12.1 Å². The molecule has 0 aliphatic rings. The summed E-state index contributed by atoms with van der Waals surface area (Å²) in [7, 11) is 0. The maximum absolute atomic E-state index is 13.7. The molecule has 0 radical (unpaired) electrons. The van der Waals surface area contributed by atoms with Gasteiger partial charge in [-0.2, -0.15) is 0 Å². The Morgan fingerprint density at radius 3 is 2.76 bits per heavy atom. The van der Waals surface area contributed by atoms with E-state index in [-0.39, 0.29) is 28.4 Å². The maximum atomic E-state index is 13.7. The Bertz CT molecular complexity index is 684. The van der Waals surface area contributed by atoms with E-state index in [0.29, 0.717) is 11.2 Å². The van der Waals surface area contributed by atoms with Crippen LogP contribution in [0.3, 0.4) is 0 Å². The molecule has 5 nitrogen and oxygen atoms in total. The van der Waals surface area contributed by atoms with Gasteiger partial charge in [-0.25, -0.2) is 4.39 Å². The number of nitrogens with two attached hydrogens (primary N) is 1. The molecule has 21 heavy (non-hydrogen) atoms. The van der Waals surface area contributed by atoms with Crippen molar-refractivity contribution >= 4 is 38.9 Å². The fourth-order valence-corrected chi connectivity index (χ4v) is 2.92. The number of carbonyl (C=O) groups is 2. The van der Waals surface area contributed by atoms with Crippen LogP contribution in [-0.4, -0.2) is 24.9 Å². The van der Waals surface area contributed by atoms with E-state index in [4.69, 9.17) is 5.73 Å². The normalized spacial score (nSPS) is 10.6. The lowest BCUT2D eigenvalue weighted by atomic mass is 10.2. The highest BCUT2D eigenvalue weighted by molar-refractivity contribution is 7.21. The van der Waals surface area contributed by atoms with Crippen molar-refractivity contribution in [3.05, 3.63) is 28.9 Å². The van der Waals surface area contributed by atoms with Gasteiger partial charge in [0.05, 0.1) is 17.6 Å². The van der Waals surface area contributed by atoms with Gasteiger partial charge < -0.3 is 16.4 Å². The molecule has 4 N–H and O–H groups in total. The molecular weight excluding hydrogens is 293 g/mol. The first kappa shape index (κ1) is 15.2. The molecule has 1 heterocycles. The highest BCUT2D eigenvalue weighted by atomic mass is 32.1. The molecule has 2 rings (SSSR count). The van der Waals surface area contributed by atoms with Crippen LogP contribution in [0.1, 0.15) is 23.0 Å². The monoisotopic (exact) mass is 309 g/mol. The van der Waals surface area contributed by atoms with Gasteiger partial charge in [-0.15, -0.1) is 11.3 Å². The minimum Gasteiger partial charge on any atom is -0.397 e.